The van der Waals surface area contributed by atoms with E-state index < -0.39 is 5.29 Å². The molecule has 0 heterocycles. The Balaban J connectivity index is 3.14. The molecular weight excluding hydrogens is 97.5 g/mol. The van der Waals surface area contributed by atoms with E-state index in [2.05, 4.69) is 11.6 Å². The predicted molar refractivity (Wildman–Crippen MR) is 16.2 cm³/mol. The second-order valence-electron chi connectivity index (χ2n) is 0.399. The van der Waals surface area contributed by atoms with Gasteiger partial charge in [-0.15, -0.1) is 0 Å². The summed E-state index contributed by atoms with van der Waals surface area (Å²) in [4.78, 5) is 0. The monoisotopic (exact) mass is 98.0 g/mol. The predicted octanol–water partition coefficient (Wildman–Crippen LogP) is 1.96. The van der Waals surface area contributed by atoms with Crippen LogP contribution in [0.5, 0.6) is 0 Å². The molecular formula is C2HClF2. The zero-order valence-corrected chi connectivity index (χ0v) is 2.97. The second-order valence-corrected chi connectivity index (χ2v) is 0.760. The normalized spacial score (nSPS) is 12.2. The molecule has 0 fully saturated rings. The molecule has 0 aliphatic heterocycles. The zero-order chi connectivity index (χ0) is 4.28. The maximum atomic E-state index is 10.7. The summed E-state index contributed by atoms with van der Waals surface area (Å²) < 4.78 is 21.1. The van der Waals surface area contributed by atoms with Crippen molar-refractivity contribution < 1.29 is 8.78 Å². The van der Waals surface area contributed by atoms with Gasteiger partial charge in [0, 0.05) is 0 Å². The maximum absolute atomic E-state index is 10.7. The summed E-state index contributed by atoms with van der Waals surface area (Å²) in [5.41, 5.74) is 0. The van der Waals surface area contributed by atoms with E-state index in [0.29, 0.717) is 0 Å². The first-order valence-corrected chi connectivity index (χ1v) is 1.26. The summed E-state index contributed by atoms with van der Waals surface area (Å²) in [6, 6.07) is 0. The minimum atomic E-state index is -1.31. The molecule has 3 heteroatoms. The van der Waals surface area contributed by atoms with Crippen LogP contribution >= 0.6 is 11.6 Å². The molecule has 0 bridgehead atoms. The van der Waals surface area contributed by atoms with Crippen molar-refractivity contribution in [3.63, 3.8) is 0 Å². The quantitative estimate of drug-likeness (QED) is 0.435. The van der Waals surface area contributed by atoms with E-state index >= 15 is 0 Å². The lowest BCUT2D eigenvalue weighted by atomic mass is 11.2. The van der Waals surface area contributed by atoms with Crippen molar-refractivity contribution in [2.75, 3.05) is 0 Å². The standard InChI is InChI=1S/C2HClF2/c3-2(5)1-4/h1H. The molecule has 30 valence electrons. The number of halogens is 3. The minimum absolute atomic E-state index is 0.318. The van der Waals surface area contributed by atoms with Crippen LogP contribution in [0.4, 0.5) is 8.78 Å². The highest BCUT2D eigenvalue weighted by atomic mass is 35.5. The SMILES string of the molecule is FC=C(F)Cl. The Bertz CT molecular complexity index is 45.6. The summed E-state index contributed by atoms with van der Waals surface area (Å²) in [7, 11) is 0. The van der Waals surface area contributed by atoms with Gasteiger partial charge in [-0.2, -0.15) is 4.39 Å². The highest BCUT2D eigenvalue weighted by molar-refractivity contribution is 6.27. The van der Waals surface area contributed by atoms with E-state index in [1.807, 2.05) is 0 Å². The van der Waals surface area contributed by atoms with Gasteiger partial charge in [-0.25, -0.2) is 4.39 Å². The molecule has 0 saturated heterocycles. The highest BCUT2D eigenvalue weighted by Crippen LogP contribution is 1.99. The van der Waals surface area contributed by atoms with E-state index in [1.54, 1.807) is 0 Å². The van der Waals surface area contributed by atoms with Gasteiger partial charge in [0.05, 0.1) is 0 Å². The number of rotatable bonds is 0. The summed E-state index contributed by atoms with van der Waals surface area (Å²) >= 11 is 4.28. The van der Waals surface area contributed by atoms with E-state index in [1.165, 1.54) is 0 Å². The van der Waals surface area contributed by atoms with Crippen molar-refractivity contribution in [2.24, 2.45) is 0 Å². The van der Waals surface area contributed by atoms with Gasteiger partial charge < -0.3 is 0 Å². The summed E-state index contributed by atoms with van der Waals surface area (Å²) in [6.45, 7) is 0. The molecule has 0 spiro atoms. The lowest BCUT2D eigenvalue weighted by molar-refractivity contribution is 0.627. The van der Waals surface area contributed by atoms with Crippen molar-refractivity contribution in [1.29, 1.82) is 0 Å². The Labute approximate surface area is 33.0 Å². The minimum Gasteiger partial charge on any atom is -0.211 e. The fourth-order valence-corrected chi connectivity index (χ4v) is 0. The lowest BCUT2D eigenvalue weighted by Crippen LogP contribution is -1.39. The summed E-state index contributed by atoms with van der Waals surface area (Å²) in [6.07, 6.45) is -0.318. The van der Waals surface area contributed by atoms with Crippen molar-refractivity contribution in [3.05, 3.63) is 11.6 Å². The molecule has 0 aromatic carbocycles. The molecule has 5 heavy (non-hydrogen) atoms. The molecule has 0 aliphatic carbocycles. The van der Waals surface area contributed by atoms with Crippen molar-refractivity contribution in [1.82, 2.24) is 0 Å². The first-order valence-electron chi connectivity index (χ1n) is 0.885. The summed E-state index contributed by atoms with van der Waals surface area (Å²) in [5, 5.41) is -1.31. The van der Waals surface area contributed by atoms with Crippen LogP contribution in [0.25, 0.3) is 0 Å². The van der Waals surface area contributed by atoms with Gasteiger partial charge in [0.2, 0.25) is 5.29 Å². The third-order valence-electron chi connectivity index (χ3n) is 0.0825. The maximum Gasteiger partial charge on any atom is 0.217 e. The molecule has 0 nitrogen and oxygen atoms in total. The Morgan fingerprint density at radius 1 is 1.80 bits per heavy atom. The fraction of sp³-hybridized carbons (Fsp3) is 0. The molecule has 0 unspecified atom stereocenters. The highest BCUT2D eigenvalue weighted by Gasteiger charge is 1.75. The number of hydrogen-bond acceptors (Lipinski definition) is 0. The smallest absolute Gasteiger partial charge is 0.211 e. The van der Waals surface area contributed by atoms with Crippen LogP contribution in [-0.2, 0) is 0 Å². The van der Waals surface area contributed by atoms with Gasteiger partial charge in [-0.3, -0.25) is 0 Å². The van der Waals surface area contributed by atoms with Gasteiger partial charge in [-0.05, 0) is 11.6 Å². The summed E-state index contributed by atoms with van der Waals surface area (Å²) in [5.74, 6) is 0. The van der Waals surface area contributed by atoms with Crippen LogP contribution < -0.4 is 0 Å². The van der Waals surface area contributed by atoms with Crippen LogP contribution in [0.2, 0.25) is 0 Å². The van der Waals surface area contributed by atoms with E-state index in [4.69, 9.17) is 0 Å². The largest absolute Gasteiger partial charge is 0.217 e. The third kappa shape index (κ3) is 3.89. The van der Waals surface area contributed by atoms with Crippen molar-refractivity contribution in [2.45, 2.75) is 0 Å². The van der Waals surface area contributed by atoms with Gasteiger partial charge in [0.15, 0.2) is 0 Å². The average Bonchev–Trinajstić information content (AvgIpc) is 1.38. The van der Waals surface area contributed by atoms with Gasteiger partial charge in [0.25, 0.3) is 0 Å². The molecule has 0 aromatic heterocycles. The Kier molecular flexibility index (Phi) is 2.10. The molecule has 0 atom stereocenters. The van der Waals surface area contributed by atoms with Crippen molar-refractivity contribution >= 4 is 11.6 Å². The zero-order valence-electron chi connectivity index (χ0n) is 2.21. The van der Waals surface area contributed by atoms with Crippen LogP contribution in [0.1, 0.15) is 0 Å². The van der Waals surface area contributed by atoms with E-state index in [0.717, 1.165) is 0 Å². The first kappa shape index (κ1) is 4.89. The second kappa shape index (κ2) is 2.15. The Morgan fingerprint density at radius 3 is 2.00 bits per heavy atom. The molecule has 0 amide bonds. The van der Waals surface area contributed by atoms with Crippen LogP contribution in [-0.4, -0.2) is 0 Å². The molecule has 0 aliphatic rings. The van der Waals surface area contributed by atoms with Gasteiger partial charge in [0.1, 0.15) is 6.33 Å². The van der Waals surface area contributed by atoms with Crippen LogP contribution in [0.3, 0.4) is 0 Å². The third-order valence-corrected chi connectivity index (χ3v) is 0.165. The topological polar surface area (TPSA) is 0 Å². The van der Waals surface area contributed by atoms with Crippen molar-refractivity contribution in [3.8, 4) is 0 Å². The first-order chi connectivity index (χ1) is 2.27. The molecule has 0 rings (SSSR count). The van der Waals surface area contributed by atoms with E-state index in [-0.39, 0.29) is 6.33 Å². The molecule has 0 N–H and O–H groups in total. The lowest BCUT2D eigenvalue weighted by Gasteiger charge is -1.61. The van der Waals surface area contributed by atoms with Gasteiger partial charge >= 0.3 is 0 Å². The molecule has 0 aromatic rings. The number of hydrogen-bond donors (Lipinski definition) is 0. The molecule has 0 saturated carbocycles. The average molecular weight is 98.5 g/mol. The van der Waals surface area contributed by atoms with Crippen LogP contribution in [0.15, 0.2) is 11.6 Å². The Hall–Kier alpha value is -0.110. The van der Waals surface area contributed by atoms with Crippen LogP contribution in [0, 0.1) is 0 Å². The molecule has 0 radical (unpaired) electrons. The van der Waals surface area contributed by atoms with E-state index in [9.17, 15) is 8.78 Å². The Morgan fingerprint density at radius 2 is 2.00 bits per heavy atom. The fourth-order valence-electron chi connectivity index (χ4n) is 0. The van der Waals surface area contributed by atoms with Gasteiger partial charge in [-0.1, -0.05) is 0 Å².